The SMILES string of the molecule is OCc1ccc(Cl)nc1-c1c(Cl)c(Cl)c(Cl)c(Cl)c1Cl. The van der Waals surface area contributed by atoms with Crippen molar-refractivity contribution in [2.24, 2.45) is 0 Å². The topological polar surface area (TPSA) is 33.1 Å². The van der Waals surface area contributed by atoms with E-state index in [9.17, 15) is 5.11 Å². The van der Waals surface area contributed by atoms with Gasteiger partial charge >= 0.3 is 0 Å². The van der Waals surface area contributed by atoms with E-state index in [0.717, 1.165) is 0 Å². The molecule has 0 unspecified atom stereocenters. The fraction of sp³-hybridized carbons (Fsp3) is 0.0833. The lowest BCUT2D eigenvalue weighted by Crippen LogP contribution is -1.96. The quantitative estimate of drug-likeness (QED) is 0.377. The maximum Gasteiger partial charge on any atom is 0.129 e. The molecule has 0 saturated carbocycles. The van der Waals surface area contributed by atoms with Crippen LogP contribution in [-0.4, -0.2) is 10.1 Å². The lowest BCUT2D eigenvalue weighted by Gasteiger charge is -2.14. The van der Waals surface area contributed by atoms with Crippen molar-refractivity contribution >= 4 is 69.6 Å². The number of aliphatic hydroxyl groups is 1. The molecule has 0 aliphatic carbocycles. The predicted molar refractivity (Wildman–Crippen MR) is 85.7 cm³/mol. The zero-order chi connectivity index (χ0) is 15.0. The maximum absolute atomic E-state index is 9.38. The summed E-state index contributed by atoms with van der Waals surface area (Å²) >= 11 is 36.2. The van der Waals surface area contributed by atoms with Crippen LogP contribution in [0.5, 0.6) is 0 Å². The van der Waals surface area contributed by atoms with E-state index in [1.165, 1.54) is 6.07 Å². The molecule has 1 aromatic heterocycles. The zero-order valence-electron chi connectivity index (χ0n) is 9.52. The number of pyridine rings is 1. The summed E-state index contributed by atoms with van der Waals surface area (Å²) in [5.74, 6) is 0. The molecule has 0 spiro atoms. The molecular formula is C12H5Cl6NO. The molecule has 0 saturated heterocycles. The minimum absolute atomic E-state index is 0.0552. The molecule has 20 heavy (non-hydrogen) atoms. The van der Waals surface area contributed by atoms with Crippen molar-refractivity contribution in [3.05, 3.63) is 48.0 Å². The number of nitrogens with zero attached hydrogens (tertiary/aromatic N) is 1. The molecule has 2 aromatic rings. The van der Waals surface area contributed by atoms with Gasteiger partial charge in [0.05, 0.1) is 37.4 Å². The normalized spacial score (nSPS) is 10.9. The molecule has 0 amide bonds. The summed E-state index contributed by atoms with van der Waals surface area (Å²) in [6.07, 6.45) is 0. The largest absolute Gasteiger partial charge is 0.392 e. The van der Waals surface area contributed by atoms with E-state index >= 15 is 0 Å². The first-order chi connectivity index (χ1) is 9.38. The number of halogens is 6. The van der Waals surface area contributed by atoms with Crippen LogP contribution in [0.3, 0.4) is 0 Å². The maximum atomic E-state index is 9.38. The minimum atomic E-state index is -0.274. The van der Waals surface area contributed by atoms with E-state index in [-0.39, 0.29) is 42.4 Å². The first-order valence-corrected chi connectivity index (χ1v) is 7.43. The van der Waals surface area contributed by atoms with Gasteiger partial charge in [-0.25, -0.2) is 4.98 Å². The highest BCUT2D eigenvalue weighted by Gasteiger charge is 2.23. The molecule has 8 heteroatoms. The molecule has 0 aliphatic rings. The average Bonchev–Trinajstić information content (AvgIpc) is 2.43. The van der Waals surface area contributed by atoms with Gasteiger partial charge in [-0.1, -0.05) is 75.7 Å². The molecule has 1 aromatic carbocycles. The minimum Gasteiger partial charge on any atom is -0.392 e. The number of benzene rings is 1. The van der Waals surface area contributed by atoms with Gasteiger partial charge in [0, 0.05) is 11.1 Å². The van der Waals surface area contributed by atoms with Crippen molar-refractivity contribution in [3.63, 3.8) is 0 Å². The van der Waals surface area contributed by atoms with Crippen molar-refractivity contribution in [3.8, 4) is 11.3 Å². The van der Waals surface area contributed by atoms with E-state index in [1.807, 2.05) is 0 Å². The number of aromatic nitrogens is 1. The average molecular weight is 392 g/mol. The van der Waals surface area contributed by atoms with Crippen LogP contribution in [0.1, 0.15) is 5.56 Å². The van der Waals surface area contributed by atoms with Crippen LogP contribution in [0.2, 0.25) is 30.3 Å². The lowest BCUT2D eigenvalue weighted by atomic mass is 10.1. The first-order valence-electron chi connectivity index (χ1n) is 5.16. The fourth-order valence-corrected chi connectivity index (χ4v) is 3.09. The summed E-state index contributed by atoms with van der Waals surface area (Å²) in [5.41, 5.74) is 1.06. The van der Waals surface area contributed by atoms with Gasteiger partial charge in [-0.05, 0) is 6.07 Å². The Labute approximate surface area is 145 Å². The lowest BCUT2D eigenvalue weighted by molar-refractivity contribution is 0.282. The van der Waals surface area contributed by atoms with Gasteiger partial charge in [-0.2, -0.15) is 0 Å². The van der Waals surface area contributed by atoms with Gasteiger partial charge in [0.2, 0.25) is 0 Å². The summed E-state index contributed by atoms with van der Waals surface area (Å²) in [4.78, 5) is 4.12. The fourth-order valence-electron chi connectivity index (χ4n) is 1.62. The molecule has 2 nitrogen and oxygen atoms in total. The van der Waals surface area contributed by atoms with Crippen LogP contribution < -0.4 is 0 Å². The third kappa shape index (κ3) is 2.84. The third-order valence-electron chi connectivity index (χ3n) is 2.56. The van der Waals surface area contributed by atoms with Gasteiger partial charge in [0.15, 0.2) is 0 Å². The number of hydrogen-bond donors (Lipinski definition) is 1. The van der Waals surface area contributed by atoms with Crippen molar-refractivity contribution < 1.29 is 5.11 Å². The Bertz CT molecular complexity index is 659. The Morgan fingerprint density at radius 1 is 0.800 bits per heavy atom. The molecule has 0 bridgehead atoms. The molecule has 0 aliphatic heterocycles. The molecule has 1 N–H and O–H groups in total. The Hall–Kier alpha value is 0.0700. The summed E-state index contributed by atoms with van der Waals surface area (Å²) in [6.45, 7) is -0.274. The highest BCUT2D eigenvalue weighted by atomic mass is 35.5. The standard InChI is InChI=1S/C12H5Cl6NO/c13-5-2-1-4(3-20)12(19-5)6-7(14)9(16)11(18)10(17)8(6)15/h1-2,20H,3H2. The Morgan fingerprint density at radius 2 is 1.30 bits per heavy atom. The van der Waals surface area contributed by atoms with Gasteiger partial charge in [-0.15, -0.1) is 0 Å². The molecule has 1 heterocycles. The molecule has 2 rings (SSSR count). The summed E-state index contributed by atoms with van der Waals surface area (Å²) in [6, 6.07) is 3.14. The van der Waals surface area contributed by atoms with Gasteiger partial charge < -0.3 is 5.11 Å². The highest BCUT2D eigenvalue weighted by molar-refractivity contribution is 6.56. The van der Waals surface area contributed by atoms with E-state index in [1.54, 1.807) is 6.07 Å². The Kier molecular flexibility index (Phi) is 5.30. The van der Waals surface area contributed by atoms with E-state index in [2.05, 4.69) is 4.98 Å². The van der Waals surface area contributed by atoms with Crippen LogP contribution in [0.25, 0.3) is 11.3 Å². The summed E-state index contributed by atoms with van der Waals surface area (Å²) in [5, 5.41) is 9.96. The molecular weight excluding hydrogens is 387 g/mol. The molecule has 106 valence electrons. The van der Waals surface area contributed by atoms with Crippen LogP contribution in [0, 0.1) is 0 Å². The third-order valence-corrected chi connectivity index (χ3v) is 5.05. The Morgan fingerprint density at radius 3 is 1.80 bits per heavy atom. The predicted octanol–water partition coefficient (Wildman–Crippen LogP) is 6.16. The second kappa shape index (κ2) is 6.45. The number of rotatable bonds is 2. The van der Waals surface area contributed by atoms with Gasteiger partial charge in [-0.3, -0.25) is 0 Å². The van der Waals surface area contributed by atoms with Crippen molar-refractivity contribution in [1.29, 1.82) is 0 Å². The second-order valence-electron chi connectivity index (χ2n) is 3.74. The monoisotopic (exact) mass is 389 g/mol. The van der Waals surface area contributed by atoms with Crippen LogP contribution in [0.4, 0.5) is 0 Å². The van der Waals surface area contributed by atoms with E-state index in [0.29, 0.717) is 11.3 Å². The number of aliphatic hydroxyl groups excluding tert-OH is 1. The van der Waals surface area contributed by atoms with Crippen LogP contribution in [0.15, 0.2) is 12.1 Å². The van der Waals surface area contributed by atoms with E-state index in [4.69, 9.17) is 69.6 Å². The summed E-state index contributed by atoms with van der Waals surface area (Å²) in [7, 11) is 0. The van der Waals surface area contributed by atoms with Gasteiger partial charge in [0.1, 0.15) is 5.15 Å². The van der Waals surface area contributed by atoms with Crippen molar-refractivity contribution in [2.75, 3.05) is 0 Å². The van der Waals surface area contributed by atoms with Crippen LogP contribution >= 0.6 is 69.6 Å². The molecule has 0 fully saturated rings. The zero-order valence-corrected chi connectivity index (χ0v) is 14.1. The number of hydrogen-bond acceptors (Lipinski definition) is 2. The first kappa shape index (κ1) is 16.4. The second-order valence-corrected chi connectivity index (χ2v) is 6.02. The van der Waals surface area contributed by atoms with Gasteiger partial charge in [0.25, 0.3) is 0 Å². The van der Waals surface area contributed by atoms with Crippen LogP contribution in [-0.2, 0) is 6.61 Å². The smallest absolute Gasteiger partial charge is 0.129 e. The molecule has 0 radical (unpaired) electrons. The summed E-state index contributed by atoms with van der Waals surface area (Å²) < 4.78 is 0. The highest BCUT2D eigenvalue weighted by Crippen LogP contribution is 2.48. The van der Waals surface area contributed by atoms with E-state index < -0.39 is 0 Å². The van der Waals surface area contributed by atoms with Crippen molar-refractivity contribution in [1.82, 2.24) is 4.98 Å². The Balaban J connectivity index is 2.86. The molecule has 0 atom stereocenters. The van der Waals surface area contributed by atoms with Crippen molar-refractivity contribution in [2.45, 2.75) is 6.61 Å².